The number of hydrogen-bond acceptors (Lipinski definition) is 2. The zero-order chi connectivity index (χ0) is 15.4. The average molecular weight is 326 g/mol. The van der Waals surface area contributed by atoms with Crippen molar-refractivity contribution in [1.29, 1.82) is 5.26 Å². The van der Waals surface area contributed by atoms with Crippen molar-refractivity contribution >= 4 is 29.2 Å². The molecule has 1 N–H and O–H groups in total. The molecular formula is C15H17Cl2N3O. The summed E-state index contributed by atoms with van der Waals surface area (Å²) in [4.78, 5) is 14.0. The first-order valence-corrected chi connectivity index (χ1v) is 7.67. The second kappa shape index (κ2) is 7.02. The Morgan fingerprint density at radius 1 is 1.38 bits per heavy atom. The summed E-state index contributed by atoms with van der Waals surface area (Å²) in [7, 11) is 0. The first kappa shape index (κ1) is 15.9. The van der Waals surface area contributed by atoms with Crippen LogP contribution in [-0.2, 0) is 0 Å². The van der Waals surface area contributed by atoms with E-state index in [1.165, 1.54) is 0 Å². The minimum Gasteiger partial charge on any atom is -0.331 e. The number of benzene rings is 1. The second-order valence-corrected chi connectivity index (χ2v) is 6.05. The molecule has 0 bridgehead atoms. The molecule has 1 aliphatic heterocycles. The number of halogens is 2. The molecule has 0 saturated carbocycles. The number of hydrogen-bond donors (Lipinski definition) is 1. The van der Waals surface area contributed by atoms with Gasteiger partial charge in [0.2, 0.25) is 0 Å². The number of rotatable bonds is 2. The van der Waals surface area contributed by atoms with Crippen LogP contribution in [0.3, 0.4) is 0 Å². The van der Waals surface area contributed by atoms with Gasteiger partial charge in [0.05, 0.1) is 22.2 Å². The number of carbonyl (C=O) groups is 1. The zero-order valence-electron chi connectivity index (χ0n) is 11.8. The van der Waals surface area contributed by atoms with Crippen LogP contribution >= 0.6 is 23.2 Å². The smallest absolute Gasteiger partial charge is 0.317 e. The van der Waals surface area contributed by atoms with Gasteiger partial charge in [0.15, 0.2) is 0 Å². The van der Waals surface area contributed by atoms with Gasteiger partial charge in [-0.25, -0.2) is 4.79 Å². The van der Waals surface area contributed by atoms with E-state index in [9.17, 15) is 4.79 Å². The van der Waals surface area contributed by atoms with E-state index < -0.39 is 0 Å². The third kappa shape index (κ3) is 4.03. The Hall–Kier alpha value is -1.44. The first-order valence-electron chi connectivity index (χ1n) is 6.91. The molecule has 21 heavy (non-hydrogen) atoms. The maximum atomic E-state index is 12.2. The lowest BCUT2D eigenvalue weighted by Crippen LogP contribution is -2.45. The lowest BCUT2D eigenvalue weighted by atomic mass is 9.99. The van der Waals surface area contributed by atoms with E-state index in [1.54, 1.807) is 17.0 Å². The molecule has 1 saturated heterocycles. The average Bonchev–Trinajstić information content (AvgIpc) is 2.50. The van der Waals surface area contributed by atoms with Crippen molar-refractivity contribution in [2.24, 2.45) is 5.92 Å². The quantitative estimate of drug-likeness (QED) is 0.893. The molecule has 1 aromatic rings. The number of piperidine rings is 1. The number of amides is 2. The number of likely N-dealkylation sites (tertiary alicyclic amines) is 1. The molecule has 0 aliphatic carbocycles. The molecule has 0 radical (unpaired) electrons. The minimum atomic E-state index is -0.152. The summed E-state index contributed by atoms with van der Waals surface area (Å²) in [6, 6.07) is 7.33. The van der Waals surface area contributed by atoms with Crippen LogP contribution in [0.5, 0.6) is 0 Å². The third-order valence-electron chi connectivity index (χ3n) is 3.75. The van der Waals surface area contributed by atoms with Gasteiger partial charge in [-0.2, -0.15) is 5.26 Å². The number of nitrogens with zero attached hydrogens (tertiary/aromatic N) is 2. The Labute approximate surface area is 134 Å². The maximum absolute atomic E-state index is 12.2. The SMILES string of the molecule is C[C@@H](NC(=O)N1CCC(C#N)CC1)c1ccc(Cl)c(Cl)c1. The molecule has 1 heterocycles. The highest BCUT2D eigenvalue weighted by Crippen LogP contribution is 2.25. The van der Waals surface area contributed by atoms with Crippen molar-refractivity contribution in [1.82, 2.24) is 10.2 Å². The lowest BCUT2D eigenvalue weighted by molar-refractivity contribution is 0.176. The Bertz CT molecular complexity index is 563. The molecular weight excluding hydrogens is 309 g/mol. The van der Waals surface area contributed by atoms with Crippen molar-refractivity contribution in [3.8, 4) is 6.07 Å². The van der Waals surface area contributed by atoms with Crippen molar-refractivity contribution in [3.63, 3.8) is 0 Å². The summed E-state index contributed by atoms with van der Waals surface area (Å²) in [5.41, 5.74) is 0.907. The van der Waals surface area contributed by atoms with Gasteiger partial charge < -0.3 is 10.2 Å². The lowest BCUT2D eigenvalue weighted by Gasteiger charge is -2.30. The molecule has 1 atom stereocenters. The maximum Gasteiger partial charge on any atom is 0.317 e. The van der Waals surface area contributed by atoms with Crippen LogP contribution in [0.2, 0.25) is 10.0 Å². The number of nitriles is 1. The highest BCUT2D eigenvalue weighted by molar-refractivity contribution is 6.42. The molecule has 6 heteroatoms. The van der Waals surface area contributed by atoms with Crippen molar-refractivity contribution in [3.05, 3.63) is 33.8 Å². The van der Waals surface area contributed by atoms with Crippen LogP contribution in [0.25, 0.3) is 0 Å². The zero-order valence-corrected chi connectivity index (χ0v) is 13.3. The Kier molecular flexibility index (Phi) is 5.33. The molecule has 2 rings (SSSR count). The van der Waals surface area contributed by atoms with Gasteiger partial charge in [0.25, 0.3) is 0 Å². The highest BCUT2D eigenvalue weighted by Gasteiger charge is 2.23. The fourth-order valence-electron chi connectivity index (χ4n) is 2.35. The summed E-state index contributed by atoms with van der Waals surface area (Å²) in [6.45, 7) is 3.15. The van der Waals surface area contributed by atoms with Gasteiger partial charge in [0.1, 0.15) is 0 Å². The summed E-state index contributed by atoms with van der Waals surface area (Å²) in [6.07, 6.45) is 1.48. The summed E-state index contributed by atoms with van der Waals surface area (Å²) < 4.78 is 0. The van der Waals surface area contributed by atoms with Crippen LogP contribution in [-0.4, -0.2) is 24.0 Å². The van der Waals surface area contributed by atoms with E-state index in [1.807, 2.05) is 13.0 Å². The van der Waals surface area contributed by atoms with E-state index in [0.717, 1.165) is 18.4 Å². The number of urea groups is 1. The Morgan fingerprint density at radius 2 is 2.05 bits per heavy atom. The van der Waals surface area contributed by atoms with E-state index in [-0.39, 0.29) is 18.0 Å². The van der Waals surface area contributed by atoms with Crippen LogP contribution in [0.15, 0.2) is 18.2 Å². The van der Waals surface area contributed by atoms with Gasteiger partial charge >= 0.3 is 6.03 Å². The Morgan fingerprint density at radius 3 is 2.62 bits per heavy atom. The molecule has 1 fully saturated rings. The molecule has 1 aromatic carbocycles. The predicted molar refractivity (Wildman–Crippen MR) is 83.3 cm³/mol. The molecule has 2 amide bonds. The van der Waals surface area contributed by atoms with Crippen molar-refractivity contribution in [2.45, 2.75) is 25.8 Å². The van der Waals surface area contributed by atoms with E-state index >= 15 is 0 Å². The van der Waals surface area contributed by atoms with Crippen molar-refractivity contribution < 1.29 is 4.79 Å². The fraction of sp³-hybridized carbons (Fsp3) is 0.467. The summed E-state index contributed by atoms with van der Waals surface area (Å²) in [5.74, 6) is 0.0709. The molecule has 112 valence electrons. The summed E-state index contributed by atoms with van der Waals surface area (Å²) >= 11 is 11.9. The monoisotopic (exact) mass is 325 g/mol. The van der Waals surface area contributed by atoms with Crippen LogP contribution in [0.1, 0.15) is 31.4 Å². The van der Waals surface area contributed by atoms with Gasteiger partial charge in [-0.05, 0) is 37.5 Å². The third-order valence-corrected chi connectivity index (χ3v) is 4.49. The second-order valence-electron chi connectivity index (χ2n) is 5.24. The molecule has 0 aromatic heterocycles. The topological polar surface area (TPSA) is 56.1 Å². The standard InChI is InChI=1S/C15H17Cl2N3O/c1-10(12-2-3-13(16)14(17)8-12)19-15(21)20-6-4-11(9-18)5-7-20/h2-3,8,10-11H,4-7H2,1H3,(H,19,21)/t10-/m1/s1. The number of carbonyl (C=O) groups excluding carboxylic acids is 1. The van der Waals surface area contributed by atoms with Crippen LogP contribution < -0.4 is 5.32 Å². The first-order chi connectivity index (χ1) is 10.0. The molecule has 0 spiro atoms. The molecule has 1 aliphatic rings. The van der Waals surface area contributed by atoms with Crippen LogP contribution in [0, 0.1) is 17.2 Å². The summed E-state index contributed by atoms with van der Waals surface area (Å²) in [5, 5.41) is 12.8. The van der Waals surface area contributed by atoms with E-state index in [4.69, 9.17) is 28.5 Å². The highest BCUT2D eigenvalue weighted by atomic mass is 35.5. The molecule has 0 unspecified atom stereocenters. The van der Waals surface area contributed by atoms with Gasteiger partial charge in [0, 0.05) is 19.0 Å². The minimum absolute atomic E-state index is 0.0709. The van der Waals surface area contributed by atoms with Crippen LogP contribution in [0.4, 0.5) is 4.79 Å². The van der Waals surface area contributed by atoms with E-state index in [0.29, 0.717) is 23.1 Å². The van der Waals surface area contributed by atoms with Gasteiger partial charge in [-0.1, -0.05) is 29.3 Å². The number of nitrogens with one attached hydrogen (secondary N) is 1. The normalized spacial score (nSPS) is 17.1. The van der Waals surface area contributed by atoms with Crippen molar-refractivity contribution in [2.75, 3.05) is 13.1 Å². The fourth-order valence-corrected chi connectivity index (χ4v) is 2.66. The van der Waals surface area contributed by atoms with Gasteiger partial charge in [-0.15, -0.1) is 0 Å². The largest absolute Gasteiger partial charge is 0.331 e. The van der Waals surface area contributed by atoms with E-state index in [2.05, 4.69) is 11.4 Å². The Balaban J connectivity index is 1.93. The van der Waals surface area contributed by atoms with Gasteiger partial charge in [-0.3, -0.25) is 0 Å². The molecule has 4 nitrogen and oxygen atoms in total. The predicted octanol–water partition coefficient (Wildman–Crippen LogP) is 4.00.